The van der Waals surface area contributed by atoms with E-state index in [0.717, 1.165) is 0 Å². The van der Waals surface area contributed by atoms with Gasteiger partial charge in [0.25, 0.3) is 0 Å². The van der Waals surface area contributed by atoms with Gasteiger partial charge in [0.05, 0.1) is 12.1 Å². The van der Waals surface area contributed by atoms with Crippen molar-refractivity contribution in [3.8, 4) is 0 Å². The standard InChI is InChI=1S/C14H20F3NO/c1-3-9-18(11-14(15,16)17)10-13(2,19)12-7-5-4-6-8-12/h4-8,19H,3,9-11H2,1-2H3. The maximum Gasteiger partial charge on any atom is 0.401 e. The molecule has 0 aliphatic carbocycles. The lowest BCUT2D eigenvalue weighted by molar-refractivity contribution is -0.152. The van der Waals surface area contributed by atoms with E-state index in [4.69, 9.17) is 0 Å². The minimum absolute atomic E-state index is 0.0373. The molecule has 0 aromatic heterocycles. The van der Waals surface area contributed by atoms with Crippen LogP contribution in [0.1, 0.15) is 25.8 Å². The number of aliphatic hydroxyl groups is 1. The van der Waals surface area contributed by atoms with Crippen molar-refractivity contribution in [1.82, 2.24) is 4.90 Å². The van der Waals surface area contributed by atoms with E-state index >= 15 is 0 Å². The molecule has 2 nitrogen and oxygen atoms in total. The first-order valence-electron chi connectivity index (χ1n) is 6.31. The van der Waals surface area contributed by atoms with Crippen molar-refractivity contribution >= 4 is 0 Å². The lowest BCUT2D eigenvalue weighted by Crippen LogP contribution is -2.43. The second kappa shape index (κ2) is 6.39. The van der Waals surface area contributed by atoms with Gasteiger partial charge in [-0.3, -0.25) is 4.90 Å². The number of hydrogen-bond acceptors (Lipinski definition) is 2. The van der Waals surface area contributed by atoms with Crippen LogP contribution in [-0.2, 0) is 5.60 Å². The zero-order valence-corrected chi connectivity index (χ0v) is 11.2. The van der Waals surface area contributed by atoms with E-state index in [9.17, 15) is 18.3 Å². The number of hydrogen-bond donors (Lipinski definition) is 1. The van der Waals surface area contributed by atoms with Gasteiger partial charge in [-0.25, -0.2) is 0 Å². The molecule has 0 spiro atoms. The van der Waals surface area contributed by atoms with Crippen LogP contribution in [0.3, 0.4) is 0 Å². The molecular weight excluding hydrogens is 255 g/mol. The number of benzene rings is 1. The highest BCUT2D eigenvalue weighted by Gasteiger charge is 2.34. The van der Waals surface area contributed by atoms with E-state index in [1.54, 1.807) is 37.3 Å². The average molecular weight is 275 g/mol. The molecule has 0 radical (unpaired) electrons. The summed E-state index contributed by atoms with van der Waals surface area (Å²) in [7, 11) is 0. The van der Waals surface area contributed by atoms with Crippen molar-refractivity contribution < 1.29 is 18.3 Å². The molecule has 0 aliphatic heterocycles. The minimum atomic E-state index is -4.25. The molecule has 0 saturated carbocycles. The Morgan fingerprint density at radius 3 is 2.16 bits per heavy atom. The van der Waals surface area contributed by atoms with Gasteiger partial charge in [-0.1, -0.05) is 37.3 Å². The smallest absolute Gasteiger partial charge is 0.384 e. The first kappa shape index (κ1) is 16.0. The van der Waals surface area contributed by atoms with E-state index in [2.05, 4.69) is 0 Å². The predicted molar refractivity (Wildman–Crippen MR) is 68.8 cm³/mol. The maximum absolute atomic E-state index is 12.5. The van der Waals surface area contributed by atoms with Crippen LogP contribution in [-0.4, -0.2) is 35.8 Å². The number of rotatable bonds is 6. The van der Waals surface area contributed by atoms with Gasteiger partial charge in [0.15, 0.2) is 0 Å². The van der Waals surface area contributed by atoms with Gasteiger partial charge < -0.3 is 5.11 Å². The van der Waals surface area contributed by atoms with Crippen molar-refractivity contribution in [2.45, 2.75) is 32.0 Å². The van der Waals surface area contributed by atoms with Crippen molar-refractivity contribution in [3.05, 3.63) is 35.9 Å². The SMILES string of the molecule is CCCN(CC(F)(F)F)CC(C)(O)c1ccccc1. The molecule has 0 bridgehead atoms. The Balaban J connectivity index is 2.77. The first-order valence-corrected chi connectivity index (χ1v) is 6.31. The average Bonchev–Trinajstić information content (AvgIpc) is 2.27. The molecule has 1 N–H and O–H groups in total. The van der Waals surface area contributed by atoms with Gasteiger partial charge in [-0.15, -0.1) is 0 Å². The molecule has 5 heteroatoms. The minimum Gasteiger partial charge on any atom is -0.384 e. The fourth-order valence-electron chi connectivity index (χ4n) is 2.11. The van der Waals surface area contributed by atoms with Gasteiger partial charge in [0.2, 0.25) is 0 Å². The molecule has 1 rings (SSSR count). The molecule has 1 aromatic carbocycles. The second-order valence-electron chi connectivity index (χ2n) is 4.97. The third-order valence-corrected chi connectivity index (χ3v) is 2.87. The van der Waals surface area contributed by atoms with E-state index in [-0.39, 0.29) is 6.54 Å². The lowest BCUT2D eigenvalue weighted by atomic mass is 9.95. The molecule has 0 saturated heterocycles. The normalized spacial score (nSPS) is 15.5. The van der Waals surface area contributed by atoms with Crippen LogP contribution < -0.4 is 0 Å². The maximum atomic E-state index is 12.5. The van der Waals surface area contributed by atoms with Gasteiger partial charge >= 0.3 is 6.18 Å². The zero-order chi connectivity index (χ0) is 14.5. The summed E-state index contributed by atoms with van der Waals surface area (Å²) < 4.78 is 37.5. The van der Waals surface area contributed by atoms with Gasteiger partial charge in [0.1, 0.15) is 0 Å². The molecule has 19 heavy (non-hydrogen) atoms. The van der Waals surface area contributed by atoms with Gasteiger partial charge in [-0.05, 0) is 25.5 Å². The van der Waals surface area contributed by atoms with Crippen molar-refractivity contribution in [2.75, 3.05) is 19.6 Å². The van der Waals surface area contributed by atoms with Crippen LogP contribution in [0.5, 0.6) is 0 Å². The molecule has 1 aromatic rings. The Morgan fingerprint density at radius 1 is 1.11 bits per heavy atom. The van der Waals surface area contributed by atoms with E-state index in [0.29, 0.717) is 18.5 Å². The molecule has 0 aliphatic rings. The summed E-state index contributed by atoms with van der Waals surface area (Å²) in [5.74, 6) is 0. The quantitative estimate of drug-likeness (QED) is 0.862. The van der Waals surface area contributed by atoms with Gasteiger partial charge in [-0.2, -0.15) is 13.2 Å². The molecular formula is C14H20F3NO. The molecule has 1 unspecified atom stereocenters. The lowest BCUT2D eigenvalue weighted by Gasteiger charge is -2.32. The monoisotopic (exact) mass is 275 g/mol. The van der Waals surface area contributed by atoms with Gasteiger partial charge in [0, 0.05) is 6.54 Å². The molecule has 0 heterocycles. The van der Waals surface area contributed by atoms with E-state index < -0.39 is 18.3 Å². The highest BCUT2D eigenvalue weighted by Crippen LogP contribution is 2.24. The summed E-state index contributed by atoms with van der Waals surface area (Å²) in [6, 6.07) is 8.77. The molecule has 108 valence electrons. The zero-order valence-electron chi connectivity index (χ0n) is 11.2. The largest absolute Gasteiger partial charge is 0.401 e. The summed E-state index contributed by atoms with van der Waals surface area (Å²) in [5, 5.41) is 10.4. The summed E-state index contributed by atoms with van der Waals surface area (Å²) in [4.78, 5) is 1.24. The van der Waals surface area contributed by atoms with Crippen molar-refractivity contribution in [3.63, 3.8) is 0 Å². The summed E-state index contributed by atoms with van der Waals surface area (Å²) in [5.41, 5.74) is -0.667. The van der Waals surface area contributed by atoms with E-state index in [1.165, 1.54) is 4.90 Å². The fraction of sp³-hybridized carbons (Fsp3) is 0.571. The van der Waals surface area contributed by atoms with Crippen LogP contribution in [0.2, 0.25) is 0 Å². The highest BCUT2D eigenvalue weighted by atomic mass is 19.4. The number of halogens is 3. The van der Waals surface area contributed by atoms with Crippen LogP contribution in [0.25, 0.3) is 0 Å². The van der Waals surface area contributed by atoms with Crippen molar-refractivity contribution in [2.24, 2.45) is 0 Å². The Kier molecular flexibility index (Phi) is 5.38. The molecule has 0 fully saturated rings. The number of nitrogens with zero attached hydrogens (tertiary/aromatic N) is 1. The fourth-order valence-corrected chi connectivity index (χ4v) is 2.11. The predicted octanol–water partition coefficient (Wildman–Crippen LogP) is 3.17. The van der Waals surface area contributed by atoms with E-state index in [1.807, 2.05) is 6.92 Å². The summed E-state index contributed by atoms with van der Waals surface area (Å²) in [6.07, 6.45) is -3.64. The Morgan fingerprint density at radius 2 is 1.68 bits per heavy atom. The topological polar surface area (TPSA) is 23.5 Å². The molecule has 0 amide bonds. The Bertz CT molecular complexity index is 376. The van der Waals surface area contributed by atoms with Crippen LogP contribution in [0, 0.1) is 0 Å². The first-order chi connectivity index (χ1) is 8.74. The summed E-state index contributed by atoms with van der Waals surface area (Å²) >= 11 is 0. The Hall–Kier alpha value is -1.07. The van der Waals surface area contributed by atoms with Crippen molar-refractivity contribution in [1.29, 1.82) is 0 Å². The second-order valence-corrected chi connectivity index (χ2v) is 4.97. The van der Waals surface area contributed by atoms with Crippen LogP contribution in [0.15, 0.2) is 30.3 Å². The number of alkyl halides is 3. The third kappa shape index (κ3) is 5.61. The van der Waals surface area contributed by atoms with Crippen LogP contribution in [0.4, 0.5) is 13.2 Å². The van der Waals surface area contributed by atoms with Crippen LogP contribution >= 0.6 is 0 Å². The Labute approximate surface area is 111 Å². The summed E-state index contributed by atoms with van der Waals surface area (Å²) in [6.45, 7) is 2.64. The molecule has 1 atom stereocenters. The third-order valence-electron chi connectivity index (χ3n) is 2.87. The highest BCUT2D eigenvalue weighted by molar-refractivity contribution is 5.21.